The molecule has 3 heteroatoms. The van der Waals surface area contributed by atoms with Crippen molar-refractivity contribution in [1.29, 1.82) is 0 Å². The van der Waals surface area contributed by atoms with Crippen LogP contribution in [0.4, 0.5) is 0 Å². The van der Waals surface area contributed by atoms with E-state index in [0.29, 0.717) is 12.2 Å². The molecule has 1 unspecified atom stereocenters. The zero-order valence-corrected chi connectivity index (χ0v) is 19.0. The van der Waals surface area contributed by atoms with Crippen LogP contribution < -0.4 is 4.74 Å². The van der Waals surface area contributed by atoms with Gasteiger partial charge in [-0.2, -0.15) is 0 Å². The maximum atomic E-state index is 13.2. The van der Waals surface area contributed by atoms with Gasteiger partial charge < -0.3 is 4.74 Å². The molecule has 0 N–H and O–H groups in total. The Labute approximate surface area is 195 Å². The maximum Gasteiger partial charge on any atom is 0.139 e. The minimum absolute atomic E-state index is 0.0567. The van der Waals surface area contributed by atoms with Crippen LogP contribution >= 0.6 is 0 Å². The number of carbonyl (C=O) groups excluding carboxylic acids is 1. The van der Waals surface area contributed by atoms with Crippen LogP contribution in [0.25, 0.3) is 10.8 Å². The fourth-order valence-electron chi connectivity index (χ4n) is 5.16. The van der Waals surface area contributed by atoms with Gasteiger partial charge in [-0.3, -0.25) is 9.69 Å². The molecular formula is C30H29NO2. The lowest BCUT2D eigenvalue weighted by Crippen LogP contribution is -2.43. The number of fused-ring (bicyclic) bond motifs is 1. The second-order valence-electron chi connectivity index (χ2n) is 8.87. The summed E-state index contributed by atoms with van der Waals surface area (Å²) < 4.78 is 5.74. The fraction of sp³-hybridized carbons (Fsp3) is 0.233. The molecular weight excluding hydrogens is 406 g/mol. The van der Waals surface area contributed by atoms with E-state index in [4.69, 9.17) is 4.74 Å². The van der Waals surface area contributed by atoms with E-state index in [0.717, 1.165) is 25.4 Å². The van der Waals surface area contributed by atoms with Crippen LogP contribution in [0.15, 0.2) is 97.1 Å². The van der Waals surface area contributed by atoms with Gasteiger partial charge in [-0.05, 0) is 34.0 Å². The lowest BCUT2D eigenvalue weighted by Gasteiger charge is -2.36. The van der Waals surface area contributed by atoms with Gasteiger partial charge in [0.05, 0.1) is 7.11 Å². The van der Waals surface area contributed by atoms with Crippen molar-refractivity contribution >= 4 is 16.6 Å². The van der Waals surface area contributed by atoms with Crippen molar-refractivity contribution in [1.82, 2.24) is 4.90 Å². The number of nitrogens with zero attached hydrogens (tertiary/aromatic N) is 1. The third-order valence-electron chi connectivity index (χ3n) is 6.81. The van der Waals surface area contributed by atoms with Crippen LogP contribution in [0.2, 0.25) is 0 Å². The highest BCUT2D eigenvalue weighted by atomic mass is 16.5. The van der Waals surface area contributed by atoms with Gasteiger partial charge in [-0.25, -0.2) is 0 Å². The highest BCUT2D eigenvalue weighted by Gasteiger charge is 2.35. The van der Waals surface area contributed by atoms with Crippen molar-refractivity contribution in [3.05, 3.63) is 114 Å². The number of hydrogen-bond donors (Lipinski definition) is 0. The third-order valence-corrected chi connectivity index (χ3v) is 6.81. The molecule has 0 amide bonds. The van der Waals surface area contributed by atoms with Gasteiger partial charge in [0.2, 0.25) is 0 Å². The molecule has 0 aliphatic carbocycles. The molecule has 33 heavy (non-hydrogen) atoms. The van der Waals surface area contributed by atoms with Crippen LogP contribution in [0.1, 0.15) is 29.0 Å². The lowest BCUT2D eigenvalue weighted by molar-refractivity contribution is -0.126. The van der Waals surface area contributed by atoms with E-state index >= 15 is 0 Å². The Hall–Kier alpha value is -3.43. The largest absolute Gasteiger partial charge is 0.496 e. The normalized spacial score (nSPS) is 16.9. The molecule has 4 aromatic carbocycles. The first-order chi connectivity index (χ1) is 16.2. The number of piperidine rings is 1. The van der Waals surface area contributed by atoms with Crippen molar-refractivity contribution in [2.45, 2.75) is 18.9 Å². The van der Waals surface area contributed by atoms with Crippen LogP contribution in [0.5, 0.6) is 5.75 Å². The first-order valence-corrected chi connectivity index (χ1v) is 11.6. The van der Waals surface area contributed by atoms with Crippen molar-refractivity contribution in [2.24, 2.45) is 5.92 Å². The molecule has 0 saturated carbocycles. The van der Waals surface area contributed by atoms with Crippen molar-refractivity contribution in [3.8, 4) is 5.75 Å². The summed E-state index contributed by atoms with van der Waals surface area (Å²) in [7, 11) is 1.73. The van der Waals surface area contributed by atoms with Gasteiger partial charge in [0.1, 0.15) is 11.5 Å². The zero-order chi connectivity index (χ0) is 22.6. The minimum atomic E-state index is -0.0741. The quantitative estimate of drug-likeness (QED) is 0.368. The predicted octanol–water partition coefficient (Wildman–Crippen LogP) is 6.07. The van der Waals surface area contributed by atoms with Gasteiger partial charge in [-0.1, -0.05) is 84.9 Å². The van der Waals surface area contributed by atoms with Crippen LogP contribution in [0.3, 0.4) is 0 Å². The van der Waals surface area contributed by atoms with Gasteiger partial charge in [-0.15, -0.1) is 0 Å². The summed E-state index contributed by atoms with van der Waals surface area (Å²) in [6, 6.07) is 33.6. The average Bonchev–Trinajstić information content (AvgIpc) is 2.87. The molecule has 0 spiro atoms. The Morgan fingerprint density at radius 3 is 2.03 bits per heavy atom. The molecule has 1 atom stereocenters. The number of benzene rings is 4. The molecule has 4 aromatic rings. The number of ether oxygens (including phenoxy) is 1. The first-order valence-electron chi connectivity index (χ1n) is 11.6. The second-order valence-corrected chi connectivity index (χ2v) is 8.87. The lowest BCUT2D eigenvalue weighted by atomic mass is 9.76. The van der Waals surface area contributed by atoms with Gasteiger partial charge >= 0.3 is 0 Å². The highest BCUT2D eigenvalue weighted by molar-refractivity contribution is 5.85. The molecule has 0 radical (unpaired) electrons. The number of hydrogen-bond acceptors (Lipinski definition) is 3. The predicted molar refractivity (Wildman–Crippen MR) is 134 cm³/mol. The van der Waals surface area contributed by atoms with E-state index in [1.807, 2.05) is 12.1 Å². The molecule has 3 nitrogen and oxygen atoms in total. The first kappa shape index (κ1) is 21.4. The SMILES string of the molecule is COc1cc2ccccc2cc1CN1CCC(=O)C(C(c2ccccc2)c2ccccc2)C1. The fourth-order valence-corrected chi connectivity index (χ4v) is 5.16. The molecule has 1 fully saturated rings. The number of likely N-dealkylation sites (tertiary alicyclic amines) is 1. The smallest absolute Gasteiger partial charge is 0.139 e. The van der Waals surface area contributed by atoms with E-state index in [1.54, 1.807) is 7.11 Å². The molecule has 1 heterocycles. The molecule has 1 aliphatic rings. The molecule has 1 aliphatic heterocycles. The Bertz CT molecular complexity index is 1200. The summed E-state index contributed by atoms with van der Waals surface area (Å²) >= 11 is 0. The standard InChI is InChI=1S/C30H29NO2/c1-33-29-19-25-15-9-8-14-24(25)18-26(29)20-31-17-16-28(32)27(21-31)30(22-10-4-2-5-11-22)23-12-6-3-7-13-23/h2-15,18-19,27,30H,16-17,20-21H2,1H3. The minimum Gasteiger partial charge on any atom is -0.496 e. The monoisotopic (exact) mass is 435 g/mol. The number of methoxy groups -OCH3 is 1. The summed E-state index contributed by atoms with van der Waals surface area (Å²) in [5, 5.41) is 2.39. The Kier molecular flexibility index (Phi) is 6.23. The number of carbonyl (C=O) groups is 1. The summed E-state index contributed by atoms with van der Waals surface area (Å²) in [4.78, 5) is 15.6. The Morgan fingerprint density at radius 2 is 1.42 bits per heavy atom. The topological polar surface area (TPSA) is 29.5 Å². The van der Waals surface area contributed by atoms with Gasteiger partial charge in [0.25, 0.3) is 0 Å². The average molecular weight is 436 g/mol. The number of ketones is 1. The molecule has 0 bridgehead atoms. The van der Waals surface area contributed by atoms with Crippen molar-refractivity contribution < 1.29 is 9.53 Å². The summed E-state index contributed by atoms with van der Waals surface area (Å²) in [5.41, 5.74) is 3.57. The Balaban J connectivity index is 1.45. The maximum absolute atomic E-state index is 13.2. The summed E-state index contributed by atoms with van der Waals surface area (Å²) in [6.45, 7) is 2.29. The molecule has 5 rings (SSSR count). The van der Waals surface area contributed by atoms with E-state index in [2.05, 4.69) is 89.8 Å². The van der Waals surface area contributed by atoms with Crippen molar-refractivity contribution in [2.75, 3.05) is 20.2 Å². The summed E-state index contributed by atoms with van der Waals surface area (Å²) in [5.74, 6) is 1.25. The van der Waals surface area contributed by atoms with E-state index in [1.165, 1.54) is 27.5 Å². The highest BCUT2D eigenvalue weighted by Crippen LogP contribution is 2.36. The Morgan fingerprint density at radius 1 is 0.848 bits per heavy atom. The van der Waals surface area contributed by atoms with E-state index < -0.39 is 0 Å². The van der Waals surface area contributed by atoms with E-state index in [9.17, 15) is 4.79 Å². The molecule has 1 saturated heterocycles. The zero-order valence-electron chi connectivity index (χ0n) is 19.0. The number of rotatable bonds is 6. The van der Waals surface area contributed by atoms with Crippen LogP contribution in [0, 0.1) is 5.92 Å². The van der Waals surface area contributed by atoms with Crippen LogP contribution in [-0.4, -0.2) is 30.9 Å². The summed E-state index contributed by atoms with van der Waals surface area (Å²) in [6.07, 6.45) is 0.580. The molecule has 166 valence electrons. The van der Waals surface area contributed by atoms with Gasteiger partial charge in [0, 0.05) is 43.5 Å². The molecule has 0 aromatic heterocycles. The van der Waals surface area contributed by atoms with Crippen LogP contribution in [-0.2, 0) is 11.3 Å². The number of Topliss-reactive ketones (excluding diaryl/α,β-unsaturated/α-hetero) is 1. The van der Waals surface area contributed by atoms with Crippen molar-refractivity contribution in [3.63, 3.8) is 0 Å². The third kappa shape index (κ3) is 4.55. The second kappa shape index (κ2) is 9.60. The van der Waals surface area contributed by atoms with E-state index in [-0.39, 0.29) is 11.8 Å². The van der Waals surface area contributed by atoms with Gasteiger partial charge in [0.15, 0.2) is 0 Å².